The van der Waals surface area contributed by atoms with E-state index in [1.807, 2.05) is 6.92 Å². The van der Waals surface area contributed by atoms with Crippen LogP contribution in [-0.4, -0.2) is 26.4 Å². The summed E-state index contributed by atoms with van der Waals surface area (Å²) in [6.07, 6.45) is 3.22. The van der Waals surface area contributed by atoms with Crippen LogP contribution >= 0.6 is 0 Å². The molecule has 1 saturated heterocycles. The molecule has 0 bridgehead atoms. The first-order valence-electron chi connectivity index (χ1n) is 8.41. The highest BCUT2D eigenvalue weighted by Gasteiger charge is 2.25. The van der Waals surface area contributed by atoms with Crippen molar-refractivity contribution in [1.29, 1.82) is 0 Å². The van der Waals surface area contributed by atoms with Crippen LogP contribution in [0.3, 0.4) is 0 Å². The van der Waals surface area contributed by atoms with Crippen LogP contribution in [0.1, 0.15) is 24.8 Å². The third-order valence-electron chi connectivity index (χ3n) is 4.37. The van der Waals surface area contributed by atoms with Gasteiger partial charge < -0.3 is 9.08 Å². The summed E-state index contributed by atoms with van der Waals surface area (Å²) in [6.45, 7) is 3.51. The molecule has 0 amide bonds. The summed E-state index contributed by atoms with van der Waals surface area (Å²) < 4.78 is 30.2. The van der Waals surface area contributed by atoms with E-state index in [2.05, 4.69) is 4.90 Å². The molecule has 138 valence electrons. The van der Waals surface area contributed by atoms with Gasteiger partial charge in [0.15, 0.2) is 0 Å². The Hall–Kier alpha value is -2.61. The maximum Gasteiger partial charge on any atom is 0.339 e. The predicted molar refractivity (Wildman–Crippen MR) is 98.2 cm³/mol. The molecule has 2 aromatic carbocycles. The van der Waals surface area contributed by atoms with Crippen molar-refractivity contribution in [2.24, 2.45) is 0 Å². The van der Waals surface area contributed by atoms with Crippen LogP contribution in [-0.2, 0) is 10.1 Å². The Morgan fingerprint density at radius 3 is 2.31 bits per heavy atom. The fraction of sp³-hybridized carbons (Fsp3) is 0.333. The molecule has 26 heavy (non-hydrogen) atoms. The van der Waals surface area contributed by atoms with Gasteiger partial charge in [-0.2, -0.15) is 8.42 Å². The van der Waals surface area contributed by atoms with Crippen molar-refractivity contribution >= 4 is 21.5 Å². The van der Waals surface area contributed by atoms with Crippen LogP contribution in [0, 0.1) is 17.0 Å². The molecule has 0 radical (unpaired) electrons. The summed E-state index contributed by atoms with van der Waals surface area (Å²) in [5, 5.41) is 11.3. The number of nitro groups is 1. The molecular weight excluding hydrogens is 356 g/mol. The molecule has 0 aromatic heterocycles. The van der Waals surface area contributed by atoms with Crippen molar-refractivity contribution in [1.82, 2.24) is 0 Å². The van der Waals surface area contributed by atoms with E-state index in [-0.39, 0.29) is 16.3 Å². The largest absolute Gasteiger partial charge is 0.371 e. The lowest BCUT2D eigenvalue weighted by Crippen LogP contribution is -2.29. The van der Waals surface area contributed by atoms with E-state index >= 15 is 0 Å². The normalized spacial score (nSPS) is 14.9. The van der Waals surface area contributed by atoms with Gasteiger partial charge in [-0.25, -0.2) is 0 Å². The highest BCUT2D eigenvalue weighted by atomic mass is 32.2. The average Bonchev–Trinajstić information content (AvgIpc) is 2.62. The summed E-state index contributed by atoms with van der Waals surface area (Å²) in [5.41, 5.74) is 1.26. The molecule has 0 saturated carbocycles. The Morgan fingerprint density at radius 1 is 1.04 bits per heavy atom. The van der Waals surface area contributed by atoms with E-state index < -0.39 is 15.0 Å². The molecule has 8 heteroatoms. The molecule has 0 N–H and O–H groups in total. The van der Waals surface area contributed by atoms with Crippen LogP contribution in [0.15, 0.2) is 47.4 Å². The number of anilines is 1. The van der Waals surface area contributed by atoms with E-state index in [0.29, 0.717) is 0 Å². The molecule has 0 spiro atoms. The van der Waals surface area contributed by atoms with Crippen LogP contribution in [0.25, 0.3) is 0 Å². The SMILES string of the molecule is Cc1ccc(S(=O)(=O)Oc2cc(N3CCCCC3)ccc2[N+](=O)[O-])cc1. The minimum atomic E-state index is -4.16. The average molecular weight is 376 g/mol. The van der Waals surface area contributed by atoms with Gasteiger partial charge in [-0.3, -0.25) is 10.1 Å². The zero-order valence-corrected chi connectivity index (χ0v) is 15.2. The van der Waals surface area contributed by atoms with Gasteiger partial charge in [0.2, 0.25) is 5.75 Å². The summed E-state index contributed by atoms with van der Waals surface area (Å²) in [5.74, 6) is -0.265. The highest BCUT2D eigenvalue weighted by molar-refractivity contribution is 7.87. The summed E-state index contributed by atoms with van der Waals surface area (Å²) in [7, 11) is -4.16. The first kappa shape index (κ1) is 18.2. The Bertz CT molecular complexity index is 904. The van der Waals surface area contributed by atoms with Gasteiger partial charge >= 0.3 is 15.8 Å². The van der Waals surface area contributed by atoms with E-state index in [1.165, 1.54) is 24.3 Å². The maximum absolute atomic E-state index is 12.5. The fourth-order valence-corrected chi connectivity index (χ4v) is 3.88. The van der Waals surface area contributed by atoms with Crippen molar-refractivity contribution in [2.75, 3.05) is 18.0 Å². The van der Waals surface area contributed by atoms with Gasteiger partial charge in [0.05, 0.1) is 4.92 Å². The molecule has 7 nitrogen and oxygen atoms in total. The van der Waals surface area contributed by atoms with Crippen LogP contribution in [0.4, 0.5) is 11.4 Å². The van der Waals surface area contributed by atoms with Gasteiger partial charge in [0.25, 0.3) is 0 Å². The van der Waals surface area contributed by atoms with Crippen LogP contribution in [0.2, 0.25) is 0 Å². The van der Waals surface area contributed by atoms with Crippen molar-refractivity contribution in [2.45, 2.75) is 31.1 Å². The van der Waals surface area contributed by atoms with Crippen molar-refractivity contribution < 1.29 is 17.5 Å². The lowest BCUT2D eigenvalue weighted by molar-refractivity contribution is -0.385. The van der Waals surface area contributed by atoms with Gasteiger partial charge in [0.1, 0.15) is 4.90 Å². The van der Waals surface area contributed by atoms with Crippen molar-refractivity contribution in [3.63, 3.8) is 0 Å². The van der Waals surface area contributed by atoms with Gasteiger partial charge in [-0.1, -0.05) is 17.7 Å². The highest BCUT2D eigenvalue weighted by Crippen LogP contribution is 2.34. The Kier molecular flexibility index (Phi) is 5.13. The summed E-state index contributed by atoms with van der Waals surface area (Å²) in [6, 6.07) is 10.5. The van der Waals surface area contributed by atoms with E-state index in [0.717, 1.165) is 43.6 Å². The minimum Gasteiger partial charge on any atom is -0.371 e. The zero-order valence-electron chi connectivity index (χ0n) is 14.4. The molecule has 1 aliphatic heterocycles. The minimum absolute atomic E-state index is 0.0410. The number of rotatable bonds is 5. The molecule has 3 rings (SSSR count). The van der Waals surface area contributed by atoms with Gasteiger partial charge in [-0.05, 0) is 44.4 Å². The second-order valence-electron chi connectivity index (χ2n) is 6.31. The smallest absolute Gasteiger partial charge is 0.339 e. The monoisotopic (exact) mass is 376 g/mol. The number of aryl methyl sites for hydroxylation is 1. The van der Waals surface area contributed by atoms with E-state index in [9.17, 15) is 18.5 Å². The Labute approximate surface area is 152 Å². The molecule has 0 aliphatic carbocycles. The summed E-state index contributed by atoms with van der Waals surface area (Å²) in [4.78, 5) is 12.7. The lowest BCUT2D eigenvalue weighted by atomic mass is 10.1. The molecule has 0 unspecified atom stereocenters. The number of piperidine rings is 1. The topological polar surface area (TPSA) is 89.8 Å². The summed E-state index contributed by atoms with van der Waals surface area (Å²) >= 11 is 0. The van der Waals surface area contributed by atoms with E-state index in [4.69, 9.17) is 4.18 Å². The second-order valence-corrected chi connectivity index (χ2v) is 7.85. The fourth-order valence-electron chi connectivity index (χ4n) is 2.94. The lowest BCUT2D eigenvalue weighted by Gasteiger charge is -2.28. The number of nitro benzene ring substituents is 1. The quantitative estimate of drug-likeness (QED) is 0.449. The van der Waals surface area contributed by atoms with Gasteiger partial charge in [0, 0.05) is 30.9 Å². The molecular formula is C18H20N2O5S. The number of hydrogen-bond donors (Lipinski definition) is 0. The molecule has 1 heterocycles. The Balaban J connectivity index is 1.96. The van der Waals surface area contributed by atoms with Crippen molar-refractivity contribution in [3.05, 3.63) is 58.1 Å². The first-order chi connectivity index (χ1) is 12.4. The van der Waals surface area contributed by atoms with Crippen molar-refractivity contribution in [3.8, 4) is 5.75 Å². The Morgan fingerprint density at radius 2 is 1.69 bits per heavy atom. The van der Waals surface area contributed by atoms with E-state index in [1.54, 1.807) is 18.2 Å². The van der Waals surface area contributed by atoms with Crippen LogP contribution in [0.5, 0.6) is 5.75 Å². The molecule has 2 aromatic rings. The van der Waals surface area contributed by atoms with Gasteiger partial charge in [-0.15, -0.1) is 0 Å². The van der Waals surface area contributed by atoms with Crippen LogP contribution < -0.4 is 9.08 Å². The third kappa shape index (κ3) is 3.96. The third-order valence-corrected chi connectivity index (χ3v) is 5.62. The molecule has 0 atom stereocenters. The molecule has 1 aliphatic rings. The second kappa shape index (κ2) is 7.33. The number of benzene rings is 2. The maximum atomic E-state index is 12.5. The number of nitrogens with zero attached hydrogens (tertiary/aromatic N) is 2. The standard InChI is InChI=1S/C18H20N2O5S/c1-14-5-8-16(9-6-14)26(23,24)25-18-13-15(7-10-17(18)20(21)22)19-11-3-2-4-12-19/h5-10,13H,2-4,11-12H2,1H3. The number of hydrogen-bond acceptors (Lipinski definition) is 6. The molecule has 1 fully saturated rings. The first-order valence-corrected chi connectivity index (χ1v) is 9.82. The predicted octanol–water partition coefficient (Wildman–Crippen LogP) is 3.66. The zero-order chi connectivity index (χ0) is 18.7.